The van der Waals surface area contributed by atoms with E-state index in [1.54, 1.807) is 0 Å². The molecule has 0 nitrogen and oxygen atoms in total. The minimum absolute atomic E-state index is 0.0476. The average Bonchev–Trinajstić information content (AvgIpc) is 3.77. The van der Waals surface area contributed by atoms with E-state index < -0.39 is 0 Å². The molecule has 0 N–H and O–H groups in total. The molecule has 2 heteroatoms. The molecule has 1 aliphatic carbocycles. The normalized spacial score (nSPS) is 13.7. The predicted molar refractivity (Wildman–Crippen MR) is 216 cm³/mol. The summed E-state index contributed by atoms with van der Waals surface area (Å²) >= 11 is 3.82. The van der Waals surface area contributed by atoms with Crippen LogP contribution in [0.2, 0.25) is 0 Å². The SMILES string of the molecule is CC1(C)c2ccccc2-c2ccc(-c3c4ccccc4c(-c4ccc5c(c4)sc4ccc6sc7ccccc7c6c45)c4ccccc34)cc21. The van der Waals surface area contributed by atoms with E-state index in [1.165, 1.54) is 106 Å². The molecule has 1 aliphatic rings. The highest BCUT2D eigenvalue weighted by molar-refractivity contribution is 7.28. The molecule has 8 aromatic carbocycles. The average molecular weight is 659 g/mol. The first kappa shape index (κ1) is 27.6. The maximum absolute atomic E-state index is 2.47. The van der Waals surface area contributed by atoms with Crippen LogP contribution in [0.15, 0.2) is 146 Å². The number of hydrogen-bond acceptors (Lipinski definition) is 2. The van der Waals surface area contributed by atoms with Gasteiger partial charge in [0, 0.05) is 45.8 Å². The van der Waals surface area contributed by atoms with Gasteiger partial charge in [-0.2, -0.15) is 0 Å². The summed E-state index contributed by atoms with van der Waals surface area (Å²) in [6.45, 7) is 4.74. The van der Waals surface area contributed by atoms with Crippen molar-refractivity contribution in [1.82, 2.24) is 0 Å². The summed E-state index contributed by atoms with van der Waals surface area (Å²) in [6, 6.07) is 54.9. The number of hydrogen-bond donors (Lipinski definition) is 0. The lowest BCUT2D eigenvalue weighted by molar-refractivity contribution is 0.660. The minimum Gasteiger partial charge on any atom is -0.135 e. The predicted octanol–water partition coefficient (Wildman–Crippen LogP) is 14.4. The van der Waals surface area contributed by atoms with Crippen LogP contribution in [0.25, 0.3) is 95.3 Å². The minimum atomic E-state index is -0.0476. The zero-order valence-corrected chi connectivity index (χ0v) is 28.8. The monoisotopic (exact) mass is 658 g/mol. The van der Waals surface area contributed by atoms with Crippen molar-refractivity contribution >= 4 is 84.6 Å². The highest BCUT2D eigenvalue weighted by Crippen LogP contribution is 2.52. The Morgan fingerprint density at radius 2 is 0.857 bits per heavy atom. The van der Waals surface area contributed by atoms with Gasteiger partial charge in [-0.3, -0.25) is 0 Å². The summed E-state index contributed by atoms with van der Waals surface area (Å²) in [7, 11) is 0. The standard InChI is InChI=1S/C47H30S2/c1-47(2)37-17-9-7-11-29(37)30-21-19-27(25-38(30)47)43-31-12-3-5-14-33(31)44(34-15-6-4-13-32(34)43)28-20-22-36-42(26-28)49-41-24-23-40-45(46(36)41)35-16-8-10-18-39(35)48-40/h3-26H,1-2H3. The van der Waals surface area contributed by atoms with Gasteiger partial charge in [0.05, 0.1) is 0 Å². The highest BCUT2D eigenvalue weighted by Gasteiger charge is 2.35. The summed E-state index contributed by atoms with van der Waals surface area (Å²) in [6.07, 6.45) is 0. The number of fused-ring (bicyclic) bond motifs is 12. The molecule has 0 unspecified atom stereocenters. The van der Waals surface area contributed by atoms with Crippen LogP contribution in [-0.4, -0.2) is 0 Å². The van der Waals surface area contributed by atoms with Crippen LogP contribution in [0, 0.1) is 0 Å². The number of thiophene rings is 2. The van der Waals surface area contributed by atoms with E-state index in [1.807, 2.05) is 22.7 Å². The molecule has 0 fully saturated rings. The van der Waals surface area contributed by atoms with Gasteiger partial charge in [-0.15, -0.1) is 22.7 Å². The van der Waals surface area contributed by atoms with Gasteiger partial charge in [0.1, 0.15) is 0 Å². The van der Waals surface area contributed by atoms with E-state index in [4.69, 9.17) is 0 Å². The first-order valence-electron chi connectivity index (χ1n) is 17.0. The Labute approximate surface area is 292 Å². The zero-order chi connectivity index (χ0) is 32.4. The Balaban J connectivity index is 1.16. The van der Waals surface area contributed by atoms with Gasteiger partial charge in [0.25, 0.3) is 0 Å². The van der Waals surface area contributed by atoms with E-state index in [2.05, 4.69) is 159 Å². The second-order valence-electron chi connectivity index (χ2n) is 14.0. The van der Waals surface area contributed by atoms with Crippen molar-refractivity contribution < 1.29 is 0 Å². The molecule has 0 aliphatic heterocycles. The fourth-order valence-electron chi connectivity index (χ4n) is 8.85. The van der Waals surface area contributed by atoms with Crippen molar-refractivity contribution in [2.75, 3.05) is 0 Å². The third kappa shape index (κ3) is 3.73. The Kier molecular flexibility index (Phi) is 5.58. The van der Waals surface area contributed by atoms with Crippen molar-refractivity contribution in [3.8, 4) is 33.4 Å². The van der Waals surface area contributed by atoms with Gasteiger partial charge < -0.3 is 0 Å². The Morgan fingerprint density at radius 1 is 0.367 bits per heavy atom. The van der Waals surface area contributed by atoms with E-state index >= 15 is 0 Å². The highest BCUT2D eigenvalue weighted by atomic mass is 32.1. The van der Waals surface area contributed by atoms with Crippen molar-refractivity contribution in [1.29, 1.82) is 0 Å². The third-order valence-electron chi connectivity index (χ3n) is 11.1. The van der Waals surface area contributed by atoms with Crippen LogP contribution in [0.3, 0.4) is 0 Å². The lowest BCUT2D eigenvalue weighted by Gasteiger charge is -2.23. The van der Waals surface area contributed by atoms with Crippen LogP contribution >= 0.6 is 22.7 Å². The molecule has 0 bridgehead atoms. The molecule has 0 amide bonds. The summed E-state index contributed by atoms with van der Waals surface area (Å²) in [5.41, 5.74) is 10.7. The Hall–Kier alpha value is -5.28. The number of benzene rings is 8. The molecule has 2 heterocycles. The fraction of sp³-hybridized carbons (Fsp3) is 0.0638. The van der Waals surface area contributed by atoms with E-state index in [0.717, 1.165) is 0 Å². The quantitative estimate of drug-likeness (QED) is 0.162. The molecular weight excluding hydrogens is 629 g/mol. The Bertz CT molecular complexity index is 2970. The van der Waals surface area contributed by atoms with Crippen molar-refractivity contribution in [3.63, 3.8) is 0 Å². The van der Waals surface area contributed by atoms with E-state index in [0.29, 0.717) is 0 Å². The molecule has 0 atom stereocenters. The summed E-state index contributed by atoms with van der Waals surface area (Å²) < 4.78 is 5.42. The van der Waals surface area contributed by atoms with Gasteiger partial charge in [-0.05, 0) is 96.4 Å². The first-order chi connectivity index (χ1) is 24.1. The van der Waals surface area contributed by atoms with Gasteiger partial charge >= 0.3 is 0 Å². The van der Waals surface area contributed by atoms with Gasteiger partial charge in [0.15, 0.2) is 0 Å². The van der Waals surface area contributed by atoms with Crippen LogP contribution in [0.5, 0.6) is 0 Å². The second kappa shape index (κ2) is 9.89. The summed E-state index contributed by atoms with van der Waals surface area (Å²) in [5, 5.41) is 10.7. The van der Waals surface area contributed by atoms with Crippen LogP contribution < -0.4 is 0 Å². The first-order valence-corrected chi connectivity index (χ1v) is 18.6. The summed E-state index contributed by atoms with van der Waals surface area (Å²) in [5.74, 6) is 0. The van der Waals surface area contributed by atoms with Crippen molar-refractivity contribution in [2.45, 2.75) is 19.3 Å². The smallest absolute Gasteiger partial charge is 0.0362 e. The molecule has 10 aromatic rings. The summed E-state index contributed by atoms with van der Waals surface area (Å²) in [4.78, 5) is 0. The lowest BCUT2D eigenvalue weighted by atomic mass is 9.80. The van der Waals surface area contributed by atoms with Crippen molar-refractivity contribution in [2.24, 2.45) is 0 Å². The molecule has 49 heavy (non-hydrogen) atoms. The van der Waals surface area contributed by atoms with Crippen LogP contribution in [0.4, 0.5) is 0 Å². The molecule has 0 spiro atoms. The van der Waals surface area contributed by atoms with Gasteiger partial charge in [-0.1, -0.05) is 129 Å². The molecule has 0 saturated heterocycles. The van der Waals surface area contributed by atoms with E-state index in [-0.39, 0.29) is 5.41 Å². The molecule has 2 aromatic heterocycles. The third-order valence-corrected chi connectivity index (χ3v) is 13.3. The molecule has 0 radical (unpaired) electrons. The van der Waals surface area contributed by atoms with Crippen molar-refractivity contribution in [3.05, 3.63) is 157 Å². The maximum Gasteiger partial charge on any atom is 0.0362 e. The van der Waals surface area contributed by atoms with Crippen LogP contribution in [-0.2, 0) is 5.41 Å². The largest absolute Gasteiger partial charge is 0.135 e. The molecule has 230 valence electrons. The van der Waals surface area contributed by atoms with Gasteiger partial charge in [0.2, 0.25) is 0 Å². The fourth-order valence-corrected chi connectivity index (χ4v) is 11.1. The molecule has 0 saturated carbocycles. The van der Waals surface area contributed by atoms with Crippen LogP contribution in [0.1, 0.15) is 25.0 Å². The molecular formula is C47H30S2. The zero-order valence-electron chi connectivity index (χ0n) is 27.2. The molecule has 11 rings (SSSR count). The maximum atomic E-state index is 2.47. The Morgan fingerprint density at radius 3 is 1.53 bits per heavy atom. The topological polar surface area (TPSA) is 0 Å². The number of rotatable bonds is 2. The lowest BCUT2D eigenvalue weighted by Crippen LogP contribution is -2.14. The van der Waals surface area contributed by atoms with E-state index in [9.17, 15) is 0 Å². The van der Waals surface area contributed by atoms with Gasteiger partial charge in [-0.25, -0.2) is 0 Å². The second-order valence-corrected chi connectivity index (χ2v) is 16.2.